The molecule has 20 nitrogen and oxygen atoms in total. The van der Waals surface area contributed by atoms with Gasteiger partial charge in [-0.2, -0.15) is 0 Å². The first-order valence-electron chi connectivity index (χ1n) is 19.6. The van der Waals surface area contributed by atoms with Crippen molar-refractivity contribution in [1.29, 1.82) is 0 Å². The molecule has 6 rings (SSSR count). The van der Waals surface area contributed by atoms with E-state index in [4.69, 9.17) is 23.7 Å². The molecule has 0 radical (unpaired) electrons. The summed E-state index contributed by atoms with van der Waals surface area (Å²) in [4.78, 5) is 93.2. The zero-order chi connectivity index (χ0) is 48.2. The van der Waals surface area contributed by atoms with E-state index in [1.165, 1.54) is 6.26 Å². The Morgan fingerprint density at radius 2 is 0.812 bits per heavy atom. The molecule has 0 aliphatic carbocycles. The first kappa shape index (κ1) is 51.5. The number of ether oxygens (including phenoxy) is 6. The molecule has 0 spiro atoms. The summed E-state index contributed by atoms with van der Waals surface area (Å²) in [5.41, 5.74) is -0.404. The van der Waals surface area contributed by atoms with Crippen molar-refractivity contribution in [3.05, 3.63) is 116 Å². The highest BCUT2D eigenvalue weighted by molar-refractivity contribution is 6.22. The highest BCUT2D eigenvalue weighted by Gasteiger charge is 2.37. The van der Waals surface area contributed by atoms with Crippen LogP contribution in [0.4, 0.5) is 9.59 Å². The van der Waals surface area contributed by atoms with Crippen LogP contribution in [0.15, 0.2) is 88.3 Å². The van der Waals surface area contributed by atoms with Crippen LogP contribution < -0.4 is 11.6 Å². The number of hydrogen-bond donors (Lipinski definition) is 0. The van der Waals surface area contributed by atoms with Crippen molar-refractivity contribution in [2.45, 2.75) is 119 Å². The van der Waals surface area contributed by atoms with Crippen molar-refractivity contribution in [2.75, 3.05) is 13.5 Å². The summed E-state index contributed by atoms with van der Waals surface area (Å²) in [6, 6.07) is 13.3. The lowest BCUT2D eigenvalue weighted by atomic mass is 10.1. The minimum atomic E-state index is -0.922. The van der Waals surface area contributed by atoms with Gasteiger partial charge in [0.2, 0.25) is 0 Å². The molecule has 0 unspecified atom stereocenters. The van der Waals surface area contributed by atoms with Gasteiger partial charge in [-0.3, -0.25) is 19.2 Å². The Morgan fingerprint density at radius 3 is 1.14 bits per heavy atom. The first-order valence-corrected chi connectivity index (χ1v) is 19.6. The Kier molecular flexibility index (Phi) is 17.3. The van der Waals surface area contributed by atoms with Gasteiger partial charge in [0.1, 0.15) is 37.1 Å². The van der Waals surface area contributed by atoms with Crippen LogP contribution in [0.1, 0.15) is 136 Å². The molecule has 2 aromatic carbocycles. The maximum atomic E-state index is 12.0. The first-order chi connectivity index (χ1) is 29.5. The molecule has 0 atom stereocenters. The quantitative estimate of drug-likeness (QED) is 0.123. The van der Waals surface area contributed by atoms with Gasteiger partial charge in [0.25, 0.3) is 23.6 Å². The van der Waals surface area contributed by atoms with Crippen molar-refractivity contribution >= 4 is 35.9 Å². The Bertz CT molecular complexity index is 2300. The second-order valence-corrected chi connectivity index (χ2v) is 17.6. The Labute approximate surface area is 368 Å². The summed E-state index contributed by atoms with van der Waals surface area (Å²) in [7, 11) is 0. The van der Waals surface area contributed by atoms with Gasteiger partial charge in [0.05, 0.1) is 33.5 Å². The fourth-order valence-corrected chi connectivity index (χ4v) is 4.73. The molecule has 4 aromatic rings. The number of benzene rings is 2. The molecular weight excluding hydrogens is 844 g/mol. The van der Waals surface area contributed by atoms with Gasteiger partial charge in [0, 0.05) is 0 Å². The molecule has 0 fully saturated rings. The molecule has 348 valence electrons. The minimum Gasteiger partial charge on any atom is -0.429 e. The van der Waals surface area contributed by atoms with Gasteiger partial charge in [-0.05, 0) is 107 Å². The van der Waals surface area contributed by atoms with Crippen molar-refractivity contribution in [3.8, 4) is 0 Å². The third-order valence-corrected chi connectivity index (χ3v) is 7.46. The summed E-state index contributed by atoms with van der Waals surface area (Å²) in [6.07, 6.45) is 0.584. The van der Waals surface area contributed by atoms with Gasteiger partial charge >= 0.3 is 24.0 Å². The second kappa shape index (κ2) is 21.5. The molecule has 4 amide bonds. The SMILES string of the molecule is CC(C)(C)OC(=O)OCN1C(=O)c2ccccc2C1=O.CC(C)(C)OC(=O)OCc1coc(=O)o1.CC(C)(C)OCN1C(=O)c2ccccc2C1=O.CC(C)(C)OCc1coc(=O)o1. The van der Waals surface area contributed by atoms with Crippen LogP contribution in [0, 0.1) is 0 Å². The summed E-state index contributed by atoms with van der Waals surface area (Å²) in [5, 5.41) is 0. The van der Waals surface area contributed by atoms with Crippen LogP contribution in [0.2, 0.25) is 0 Å². The van der Waals surface area contributed by atoms with Crippen LogP contribution in [0.3, 0.4) is 0 Å². The number of amides is 4. The average molecular weight is 899 g/mol. The highest BCUT2D eigenvalue weighted by Crippen LogP contribution is 2.24. The average Bonchev–Trinajstić information content (AvgIpc) is 3.92. The molecule has 20 heteroatoms. The maximum absolute atomic E-state index is 12.0. The molecule has 4 heterocycles. The number of imide groups is 2. The van der Waals surface area contributed by atoms with Crippen LogP contribution in [-0.2, 0) is 41.6 Å². The van der Waals surface area contributed by atoms with Crippen LogP contribution in [0.5, 0.6) is 0 Å². The standard InChI is InChI=1S/C14H15NO5.C13H15NO3.C9H12O6.C8H12O4/c1-14(2,3)20-13(18)19-8-15-11(16)9-6-4-5-7-10(9)12(15)17;1-13(2,3)17-8-14-11(15)9-6-4-5-7-10(9)12(14)16;1-9(2,3)15-8(11)13-5-6-4-12-7(10)14-6;1-8(2,3)11-5-6-4-10-7(9)12-6/h4-7H,8H2,1-3H3;4-7H,8H2,1-3H3;4H,5H2,1-3H3;4H,5H2,1-3H3. The van der Waals surface area contributed by atoms with Gasteiger partial charge in [-0.1, -0.05) is 24.3 Å². The summed E-state index contributed by atoms with van der Waals surface area (Å²) in [5.74, 6) is -2.51. The van der Waals surface area contributed by atoms with Crippen molar-refractivity contribution in [3.63, 3.8) is 0 Å². The number of rotatable bonds is 8. The number of carbonyl (C=O) groups is 6. The number of hydrogen-bond acceptors (Lipinski definition) is 18. The monoisotopic (exact) mass is 898 g/mol. The van der Waals surface area contributed by atoms with Crippen molar-refractivity contribution < 1.29 is 74.9 Å². The summed E-state index contributed by atoms with van der Waals surface area (Å²) in [6.45, 7) is 21.2. The van der Waals surface area contributed by atoms with E-state index in [1.54, 1.807) is 90.1 Å². The zero-order valence-electron chi connectivity index (χ0n) is 37.8. The predicted molar refractivity (Wildman–Crippen MR) is 222 cm³/mol. The zero-order valence-corrected chi connectivity index (χ0v) is 37.8. The fourth-order valence-electron chi connectivity index (χ4n) is 4.73. The Morgan fingerprint density at radius 1 is 0.469 bits per heavy atom. The van der Waals surface area contributed by atoms with Crippen LogP contribution in [0.25, 0.3) is 0 Å². The van der Waals surface area contributed by atoms with Gasteiger partial charge < -0.3 is 46.1 Å². The molecule has 0 saturated carbocycles. The Balaban J connectivity index is 0.000000231. The van der Waals surface area contributed by atoms with Gasteiger partial charge in [-0.25, -0.2) is 29.0 Å². The third kappa shape index (κ3) is 17.2. The molecular formula is C44H54N2O18. The van der Waals surface area contributed by atoms with Crippen molar-refractivity contribution in [1.82, 2.24) is 9.80 Å². The highest BCUT2D eigenvalue weighted by atomic mass is 16.7. The van der Waals surface area contributed by atoms with Gasteiger partial charge in [-0.15, -0.1) is 0 Å². The smallest absolute Gasteiger partial charge is 0.429 e. The van der Waals surface area contributed by atoms with E-state index in [0.29, 0.717) is 28.0 Å². The third-order valence-electron chi connectivity index (χ3n) is 7.46. The van der Waals surface area contributed by atoms with Crippen LogP contribution in [-0.4, -0.2) is 81.6 Å². The van der Waals surface area contributed by atoms with E-state index >= 15 is 0 Å². The fraction of sp³-hybridized carbons (Fsp3) is 0.455. The second-order valence-electron chi connectivity index (χ2n) is 17.6. The molecule has 2 aliphatic rings. The minimum absolute atomic E-state index is 0.00412. The normalized spacial score (nSPS) is 13.4. The van der Waals surface area contributed by atoms with E-state index in [9.17, 15) is 38.4 Å². The lowest BCUT2D eigenvalue weighted by Crippen LogP contribution is -2.36. The Hall–Kier alpha value is -6.80. The van der Waals surface area contributed by atoms with E-state index in [2.05, 4.69) is 22.4 Å². The lowest BCUT2D eigenvalue weighted by molar-refractivity contribution is -0.0451. The summed E-state index contributed by atoms with van der Waals surface area (Å²) < 4.78 is 48.0. The molecule has 0 bridgehead atoms. The largest absolute Gasteiger partial charge is 0.518 e. The molecule has 0 saturated heterocycles. The molecule has 0 N–H and O–H groups in total. The number of carbonyl (C=O) groups excluding carboxylic acids is 6. The van der Waals surface area contributed by atoms with E-state index < -0.39 is 53.7 Å². The van der Waals surface area contributed by atoms with E-state index in [1.807, 2.05) is 41.5 Å². The molecule has 64 heavy (non-hydrogen) atoms. The topological polar surface area (TPSA) is 251 Å². The molecule has 2 aliphatic heterocycles. The number of fused-ring (bicyclic) bond motifs is 2. The number of nitrogens with zero attached hydrogens (tertiary/aromatic N) is 2. The maximum Gasteiger partial charge on any atom is 0.518 e. The van der Waals surface area contributed by atoms with E-state index in [0.717, 1.165) is 16.1 Å². The van der Waals surface area contributed by atoms with Gasteiger partial charge in [0.15, 0.2) is 24.9 Å². The lowest BCUT2D eigenvalue weighted by Gasteiger charge is -2.23. The van der Waals surface area contributed by atoms with Crippen LogP contribution >= 0.6 is 0 Å². The molecule has 2 aromatic heterocycles. The predicted octanol–water partition coefficient (Wildman–Crippen LogP) is 7.48. The van der Waals surface area contributed by atoms with Crippen molar-refractivity contribution in [2.24, 2.45) is 0 Å². The summed E-state index contributed by atoms with van der Waals surface area (Å²) >= 11 is 0. The van der Waals surface area contributed by atoms with E-state index in [-0.39, 0.29) is 48.7 Å².